The smallest absolute Gasteiger partial charge is 0.321 e. The van der Waals surface area contributed by atoms with Gasteiger partial charge < -0.3 is 10.1 Å². The molecular formula is C27H26ClF3N6O2S. The number of rotatable bonds is 10. The lowest BCUT2D eigenvalue weighted by molar-refractivity contribution is 0.0862. The number of alkyl halides is 2. The van der Waals surface area contributed by atoms with Crippen LogP contribution in [0.3, 0.4) is 0 Å². The lowest BCUT2D eigenvalue weighted by Gasteiger charge is -2.37. The van der Waals surface area contributed by atoms with Gasteiger partial charge in [-0.15, -0.1) is 16.4 Å². The number of aromatic nitrogens is 4. The van der Waals surface area contributed by atoms with Crippen molar-refractivity contribution in [1.29, 1.82) is 0 Å². The number of para-hydroxylation sites is 1. The minimum atomic E-state index is -2.76. The summed E-state index contributed by atoms with van der Waals surface area (Å²) in [5, 5.41) is 10.7. The first-order valence-electron chi connectivity index (χ1n) is 12.7. The number of likely N-dealkylation sites (tertiary alicyclic amines) is 1. The molecule has 210 valence electrons. The van der Waals surface area contributed by atoms with Crippen molar-refractivity contribution in [3.8, 4) is 11.7 Å². The molecule has 5 rings (SSSR count). The number of benzene rings is 2. The number of hydrogen-bond donors (Lipinski definition) is 1. The van der Waals surface area contributed by atoms with Crippen molar-refractivity contribution in [2.24, 2.45) is 5.92 Å². The van der Waals surface area contributed by atoms with Crippen molar-refractivity contribution in [2.45, 2.75) is 25.3 Å². The Labute approximate surface area is 237 Å². The average molecular weight is 591 g/mol. The molecule has 1 amide bonds. The number of piperidine rings is 1. The molecule has 40 heavy (non-hydrogen) atoms. The highest BCUT2D eigenvalue weighted by atomic mass is 35.5. The summed E-state index contributed by atoms with van der Waals surface area (Å²) in [6.07, 6.45) is 0.321. The van der Waals surface area contributed by atoms with Crippen LogP contribution in [0, 0.1) is 11.7 Å². The molecule has 3 heterocycles. The van der Waals surface area contributed by atoms with Crippen LogP contribution in [0.15, 0.2) is 60.4 Å². The van der Waals surface area contributed by atoms with Gasteiger partial charge in [0, 0.05) is 6.54 Å². The molecule has 0 spiro atoms. The molecule has 1 saturated heterocycles. The predicted molar refractivity (Wildman–Crippen MR) is 145 cm³/mol. The third kappa shape index (κ3) is 6.29. The Morgan fingerprint density at radius 3 is 2.65 bits per heavy atom. The summed E-state index contributed by atoms with van der Waals surface area (Å²) >= 11 is 7.16. The lowest BCUT2D eigenvalue weighted by Crippen LogP contribution is -2.43. The van der Waals surface area contributed by atoms with Crippen molar-refractivity contribution >= 4 is 28.8 Å². The molecule has 1 unspecified atom stereocenters. The van der Waals surface area contributed by atoms with Crippen LogP contribution < -0.4 is 10.1 Å². The first kappa shape index (κ1) is 28.1. The van der Waals surface area contributed by atoms with Crippen LogP contribution in [0.1, 0.15) is 46.2 Å². The normalized spacial score (nSPS) is 15.3. The van der Waals surface area contributed by atoms with Crippen LogP contribution in [-0.2, 0) is 0 Å². The topological polar surface area (TPSA) is 85.2 Å². The molecule has 1 atom stereocenters. The zero-order valence-corrected chi connectivity index (χ0v) is 22.8. The molecular weight excluding hydrogens is 565 g/mol. The number of thiazole rings is 1. The molecule has 8 nitrogen and oxygen atoms in total. The standard InChI is InChI=1S/C27H26ClF3N6O2S/c28-19-7-4-8-20(29)22(19)26(38)32-13-21(24-23(25(30)31)33-16-40-24)36-11-9-17(10-12-36)14-39-27-35-34-15-37(27)18-5-2-1-3-6-18/h1-8,15-17,21,25H,9-14H2,(H,32,38). The maximum Gasteiger partial charge on any atom is 0.321 e. The van der Waals surface area contributed by atoms with Gasteiger partial charge in [-0.05, 0) is 56.1 Å². The third-order valence-electron chi connectivity index (χ3n) is 6.87. The Kier molecular flexibility index (Phi) is 8.98. The van der Waals surface area contributed by atoms with Crippen LogP contribution in [-0.4, -0.2) is 56.8 Å². The van der Waals surface area contributed by atoms with Crippen LogP contribution in [0.5, 0.6) is 6.01 Å². The van der Waals surface area contributed by atoms with Gasteiger partial charge in [-0.3, -0.25) is 14.3 Å². The SMILES string of the molecule is O=C(NCC(c1scnc1C(F)F)N1CCC(COc2nncn2-c2ccccc2)CC1)c1c(F)cccc1Cl. The first-order valence-corrected chi connectivity index (χ1v) is 13.9. The second-order valence-electron chi connectivity index (χ2n) is 9.33. The quantitative estimate of drug-likeness (QED) is 0.254. The van der Waals surface area contributed by atoms with Crippen LogP contribution >= 0.6 is 22.9 Å². The van der Waals surface area contributed by atoms with Crippen LogP contribution in [0.25, 0.3) is 5.69 Å². The van der Waals surface area contributed by atoms with E-state index in [-0.39, 0.29) is 28.7 Å². The minimum absolute atomic E-state index is 0.00719. The van der Waals surface area contributed by atoms with Crippen molar-refractivity contribution in [3.63, 3.8) is 0 Å². The van der Waals surface area contributed by atoms with Gasteiger partial charge in [-0.2, -0.15) is 0 Å². The predicted octanol–water partition coefficient (Wildman–Crippen LogP) is 5.72. The summed E-state index contributed by atoms with van der Waals surface area (Å²) in [6, 6.07) is 13.4. The van der Waals surface area contributed by atoms with E-state index >= 15 is 0 Å². The highest BCUT2D eigenvalue weighted by Gasteiger charge is 2.32. The van der Waals surface area contributed by atoms with E-state index in [0.717, 1.165) is 35.9 Å². The second-order valence-corrected chi connectivity index (χ2v) is 10.6. The molecule has 1 aliphatic rings. The summed E-state index contributed by atoms with van der Waals surface area (Å²) in [4.78, 5) is 19.1. The number of amides is 1. The summed E-state index contributed by atoms with van der Waals surface area (Å²) in [5.74, 6) is -1.25. The molecule has 1 aliphatic heterocycles. The van der Waals surface area contributed by atoms with Gasteiger partial charge in [0.05, 0.1) is 39.3 Å². The van der Waals surface area contributed by atoms with Crippen molar-refractivity contribution in [1.82, 2.24) is 30.0 Å². The molecule has 0 aliphatic carbocycles. The first-order chi connectivity index (χ1) is 19.4. The van der Waals surface area contributed by atoms with E-state index in [1.54, 1.807) is 10.9 Å². The maximum atomic E-state index is 14.3. The molecule has 1 N–H and O–H groups in total. The Morgan fingerprint density at radius 1 is 1.15 bits per heavy atom. The minimum Gasteiger partial charge on any atom is -0.463 e. The van der Waals surface area contributed by atoms with Crippen molar-refractivity contribution in [3.05, 3.63) is 87.3 Å². The Bertz CT molecular complexity index is 1410. The zero-order chi connectivity index (χ0) is 28.1. The third-order valence-corrected chi connectivity index (χ3v) is 8.13. The number of hydrogen-bond acceptors (Lipinski definition) is 7. The number of nitrogens with one attached hydrogen (secondary N) is 1. The van der Waals surface area contributed by atoms with Gasteiger partial charge >= 0.3 is 6.01 Å². The van der Waals surface area contributed by atoms with Gasteiger partial charge in [0.15, 0.2) is 0 Å². The molecule has 2 aromatic heterocycles. The highest BCUT2D eigenvalue weighted by molar-refractivity contribution is 7.09. The van der Waals surface area contributed by atoms with E-state index in [9.17, 15) is 18.0 Å². The van der Waals surface area contributed by atoms with Gasteiger partial charge in [0.25, 0.3) is 12.3 Å². The zero-order valence-electron chi connectivity index (χ0n) is 21.2. The van der Waals surface area contributed by atoms with Crippen molar-refractivity contribution in [2.75, 3.05) is 26.2 Å². The van der Waals surface area contributed by atoms with E-state index in [0.29, 0.717) is 30.6 Å². The van der Waals surface area contributed by atoms with Crippen LogP contribution in [0.2, 0.25) is 5.02 Å². The van der Waals surface area contributed by atoms with Gasteiger partial charge in [0.2, 0.25) is 0 Å². The molecule has 0 radical (unpaired) electrons. The molecule has 4 aromatic rings. The van der Waals surface area contributed by atoms with Crippen molar-refractivity contribution < 1.29 is 22.7 Å². The van der Waals surface area contributed by atoms with Gasteiger partial charge in [-0.25, -0.2) is 18.2 Å². The summed E-state index contributed by atoms with van der Waals surface area (Å²) in [6.45, 7) is 1.59. The molecule has 0 saturated carbocycles. The monoisotopic (exact) mass is 590 g/mol. The largest absolute Gasteiger partial charge is 0.463 e. The van der Waals surface area contributed by atoms with Gasteiger partial charge in [-0.1, -0.05) is 41.0 Å². The Hall–Kier alpha value is -3.48. The Balaban J connectivity index is 1.24. The van der Waals surface area contributed by atoms with E-state index in [4.69, 9.17) is 16.3 Å². The van der Waals surface area contributed by atoms with E-state index in [2.05, 4.69) is 20.5 Å². The number of halogens is 4. The van der Waals surface area contributed by atoms with Gasteiger partial charge in [0.1, 0.15) is 17.8 Å². The maximum absolute atomic E-state index is 14.3. The summed E-state index contributed by atoms with van der Waals surface area (Å²) in [7, 11) is 0. The lowest BCUT2D eigenvalue weighted by atomic mass is 9.96. The van der Waals surface area contributed by atoms with E-state index < -0.39 is 24.2 Å². The summed E-state index contributed by atoms with van der Waals surface area (Å²) < 4.78 is 49.5. The Morgan fingerprint density at radius 2 is 1.93 bits per heavy atom. The van der Waals surface area contributed by atoms with Crippen LogP contribution in [0.4, 0.5) is 13.2 Å². The number of carbonyl (C=O) groups is 1. The fourth-order valence-corrected chi connectivity index (χ4v) is 5.95. The average Bonchev–Trinajstić information content (AvgIpc) is 3.63. The van der Waals surface area contributed by atoms with E-state index in [1.165, 1.54) is 17.6 Å². The second kappa shape index (κ2) is 12.8. The highest BCUT2D eigenvalue weighted by Crippen LogP contribution is 2.35. The molecule has 1 fully saturated rings. The number of ether oxygens (including phenoxy) is 1. The molecule has 13 heteroatoms. The van der Waals surface area contributed by atoms with E-state index in [1.807, 2.05) is 35.2 Å². The summed E-state index contributed by atoms with van der Waals surface area (Å²) in [5.41, 5.74) is 1.68. The fourth-order valence-electron chi connectivity index (χ4n) is 4.77. The molecule has 2 aromatic carbocycles. The number of nitrogens with zero attached hydrogens (tertiary/aromatic N) is 5. The molecule has 0 bridgehead atoms. The number of carbonyl (C=O) groups excluding carboxylic acids is 1. The fraction of sp³-hybridized carbons (Fsp3) is 0.333.